The summed E-state index contributed by atoms with van der Waals surface area (Å²) in [4.78, 5) is 37.2. The van der Waals surface area contributed by atoms with Crippen molar-refractivity contribution >= 4 is 39.8 Å². The van der Waals surface area contributed by atoms with Crippen LogP contribution >= 0.6 is 11.6 Å². The van der Waals surface area contributed by atoms with Crippen molar-refractivity contribution in [1.82, 2.24) is 29.9 Å². The first-order valence-electron chi connectivity index (χ1n) is 13.3. The number of anilines is 1. The zero-order valence-electron chi connectivity index (χ0n) is 23.5. The fraction of sp³-hybridized carbons (Fsp3) is 0.241. The van der Waals surface area contributed by atoms with E-state index in [1.165, 1.54) is 18.2 Å². The molecule has 0 spiro atoms. The highest BCUT2D eigenvalue weighted by Gasteiger charge is 2.27. The van der Waals surface area contributed by atoms with E-state index in [-0.39, 0.29) is 40.8 Å². The van der Waals surface area contributed by atoms with Crippen molar-refractivity contribution < 1.29 is 19.2 Å². The van der Waals surface area contributed by atoms with Gasteiger partial charge in [-0.05, 0) is 51.1 Å². The summed E-state index contributed by atoms with van der Waals surface area (Å²) in [6.45, 7) is 6.07. The van der Waals surface area contributed by atoms with Gasteiger partial charge in [-0.1, -0.05) is 28.9 Å². The van der Waals surface area contributed by atoms with Crippen molar-refractivity contribution in [3.05, 3.63) is 93.0 Å². The monoisotopic (exact) mass is 602 g/mol. The largest absolute Gasteiger partial charge is 0.459 e. The van der Waals surface area contributed by atoms with Crippen LogP contribution in [0.5, 0.6) is 6.01 Å². The smallest absolute Gasteiger partial charge is 0.342 e. The highest BCUT2D eigenvalue weighted by atomic mass is 35.5. The second-order valence-electron chi connectivity index (χ2n) is 9.75. The van der Waals surface area contributed by atoms with Gasteiger partial charge in [-0.3, -0.25) is 19.8 Å². The first kappa shape index (κ1) is 29.3. The number of nitrogens with one attached hydrogen (secondary N) is 1. The van der Waals surface area contributed by atoms with Gasteiger partial charge in [-0.2, -0.15) is 9.97 Å². The quantitative estimate of drug-likeness (QED) is 0.117. The number of benzene rings is 2. The first-order valence-corrected chi connectivity index (χ1v) is 13.7. The number of nitro benzene ring substituents is 1. The van der Waals surface area contributed by atoms with Gasteiger partial charge in [0.25, 0.3) is 5.69 Å². The molecule has 0 amide bonds. The molecule has 43 heavy (non-hydrogen) atoms. The van der Waals surface area contributed by atoms with Crippen LogP contribution in [0.25, 0.3) is 22.2 Å². The standard InChI is InChI=1S/C29H27ClN8O5/c1-17(2)43-28(39)26-18(3)33-29(34-27(26)22-6-4-5-7-25(22)38(40)41)42-16-20-15-37(36-35-20)13-12-32-23-10-11-31-24-14-19(30)8-9-21(23)24/h4-11,14-15,17H,12-13,16H2,1-3H3,(H,31,32). The molecule has 0 aliphatic heterocycles. The Bertz CT molecular complexity index is 1810. The average molecular weight is 603 g/mol. The molecule has 1 N–H and O–H groups in total. The summed E-state index contributed by atoms with van der Waals surface area (Å²) in [5, 5.41) is 25.0. The molecule has 220 valence electrons. The molecule has 0 atom stereocenters. The molecule has 0 aliphatic rings. The number of fused-ring (bicyclic) bond motifs is 1. The van der Waals surface area contributed by atoms with Crippen LogP contribution in [0.4, 0.5) is 11.4 Å². The molecule has 0 unspecified atom stereocenters. The molecule has 0 bridgehead atoms. The van der Waals surface area contributed by atoms with E-state index in [1.54, 1.807) is 43.9 Å². The number of nitrogens with zero attached hydrogens (tertiary/aromatic N) is 7. The van der Waals surface area contributed by atoms with Gasteiger partial charge in [-0.15, -0.1) is 5.10 Å². The zero-order valence-corrected chi connectivity index (χ0v) is 24.3. The Balaban J connectivity index is 1.30. The fourth-order valence-corrected chi connectivity index (χ4v) is 4.56. The predicted octanol–water partition coefficient (Wildman–Crippen LogP) is 5.41. The van der Waals surface area contributed by atoms with E-state index in [1.807, 2.05) is 24.3 Å². The topological polar surface area (TPSA) is 160 Å². The lowest BCUT2D eigenvalue weighted by Crippen LogP contribution is -2.16. The number of carbonyl (C=O) groups excluding carboxylic acids is 1. The third kappa shape index (κ3) is 6.84. The van der Waals surface area contributed by atoms with E-state index in [2.05, 4.69) is 30.6 Å². The first-order chi connectivity index (χ1) is 20.7. The number of hydrogen-bond donors (Lipinski definition) is 1. The van der Waals surface area contributed by atoms with Crippen molar-refractivity contribution in [3.63, 3.8) is 0 Å². The molecule has 0 radical (unpaired) electrons. The van der Waals surface area contributed by atoms with E-state index in [0.717, 1.165) is 16.6 Å². The minimum atomic E-state index is -0.688. The number of carbonyl (C=O) groups is 1. The second-order valence-corrected chi connectivity index (χ2v) is 10.2. The third-order valence-corrected chi connectivity index (χ3v) is 6.50. The minimum absolute atomic E-state index is 0.0191. The maximum absolute atomic E-state index is 13.0. The van der Waals surface area contributed by atoms with Crippen LogP contribution in [0.15, 0.2) is 60.9 Å². The van der Waals surface area contributed by atoms with Gasteiger partial charge < -0.3 is 14.8 Å². The van der Waals surface area contributed by atoms with Gasteiger partial charge in [0.2, 0.25) is 0 Å². The van der Waals surface area contributed by atoms with Gasteiger partial charge in [0.05, 0.1) is 46.2 Å². The Morgan fingerprint density at radius 3 is 2.77 bits per heavy atom. The third-order valence-electron chi connectivity index (χ3n) is 6.27. The van der Waals surface area contributed by atoms with Crippen LogP contribution in [0.3, 0.4) is 0 Å². The molecule has 0 aliphatic carbocycles. The number of nitro groups is 1. The van der Waals surface area contributed by atoms with E-state index in [9.17, 15) is 14.9 Å². The summed E-state index contributed by atoms with van der Waals surface area (Å²) in [5.74, 6) is -0.688. The summed E-state index contributed by atoms with van der Waals surface area (Å²) in [5.41, 5.74) is 2.48. The van der Waals surface area contributed by atoms with E-state index in [4.69, 9.17) is 21.1 Å². The number of pyridine rings is 1. The Hall–Kier alpha value is -5.17. The van der Waals surface area contributed by atoms with Crippen molar-refractivity contribution in [2.75, 3.05) is 11.9 Å². The maximum atomic E-state index is 13.0. The van der Waals surface area contributed by atoms with Crippen molar-refractivity contribution in [3.8, 4) is 17.3 Å². The zero-order chi connectivity index (χ0) is 30.5. The lowest BCUT2D eigenvalue weighted by atomic mass is 10.0. The Kier molecular flexibility index (Phi) is 8.71. The number of aromatic nitrogens is 6. The average Bonchev–Trinajstić information content (AvgIpc) is 3.42. The van der Waals surface area contributed by atoms with Crippen LogP contribution in [0, 0.1) is 17.0 Å². The van der Waals surface area contributed by atoms with Gasteiger partial charge in [0.1, 0.15) is 17.9 Å². The Morgan fingerprint density at radius 1 is 1.16 bits per heavy atom. The van der Waals surface area contributed by atoms with E-state index in [0.29, 0.717) is 23.8 Å². The second kappa shape index (κ2) is 12.8. The summed E-state index contributed by atoms with van der Waals surface area (Å²) in [6.07, 6.45) is 3.04. The number of aryl methyl sites for hydroxylation is 1. The molecular formula is C29H27ClN8O5. The lowest BCUT2D eigenvalue weighted by Gasteiger charge is -2.14. The molecule has 14 heteroatoms. The highest BCUT2D eigenvalue weighted by molar-refractivity contribution is 6.31. The molecule has 0 saturated carbocycles. The molecule has 2 aromatic carbocycles. The summed E-state index contributed by atoms with van der Waals surface area (Å²) >= 11 is 6.08. The van der Waals surface area contributed by atoms with E-state index < -0.39 is 17.0 Å². The SMILES string of the molecule is Cc1nc(OCc2cn(CCNc3ccnc4cc(Cl)ccc34)nn2)nc(-c2ccccc2[N+](=O)[O-])c1C(=O)OC(C)C. The van der Waals surface area contributed by atoms with Crippen LogP contribution < -0.4 is 10.1 Å². The molecule has 3 heterocycles. The van der Waals surface area contributed by atoms with Gasteiger partial charge in [-0.25, -0.2) is 4.79 Å². The van der Waals surface area contributed by atoms with Gasteiger partial charge in [0, 0.05) is 34.9 Å². The molecule has 0 saturated heterocycles. The number of halogens is 1. The Morgan fingerprint density at radius 2 is 1.98 bits per heavy atom. The van der Waals surface area contributed by atoms with Crippen LogP contribution in [-0.4, -0.2) is 53.5 Å². The summed E-state index contributed by atoms with van der Waals surface area (Å²) < 4.78 is 12.8. The van der Waals surface area contributed by atoms with Crippen molar-refractivity contribution in [2.45, 2.75) is 40.0 Å². The minimum Gasteiger partial charge on any atom is -0.459 e. The van der Waals surface area contributed by atoms with E-state index >= 15 is 0 Å². The number of esters is 1. The van der Waals surface area contributed by atoms with Crippen molar-refractivity contribution in [1.29, 1.82) is 0 Å². The van der Waals surface area contributed by atoms with Gasteiger partial charge >= 0.3 is 12.0 Å². The molecule has 0 fully saturated rings. The molecular weight excluding hydrogens is 576 g/mol. The fourth-order valence-electron chi connectivity index (χ4n) is 4.39. The summed E-state index contributed by atoms with van der Waals surface area (Å²) in [6, 6.07) is 13.4. The lowest BCUT2D eigenvalue weighted by molar-refractivity contribution is -0.384. The molecule has 5 aromatic rings. The molecule has 5 rings (SSSR count). The van der Waals surface area contributed by atoms with Crippen LogP contribution in [-0.2, 0) is 17.9 Å². The van der Waals surface area contributed by atoms with Crippen LogP contribution in [0.1, 0.15) is 35.6 Å². The number of hydrogen-bond acceptors (Lipinski definition) is 11. The summed E-state index contributed by atoms with van der Waals surface area (Å²) in [7, 11) is 0. The van der Waals surface area contributed by atoms with Gasteiger partial charge in [0.15, 0.2) is 0 Å². The Labute approximate surface area is 251 Å². The van der Waals surface area contributed by atoms with Crippen LogP contribution in [0.2, 0.25) is 5.02 Å². The molecule has 3 aromatic heterocycles. The number of ether oxygens (including phenoxy) is 2. The highest BCUT2D eigenvalue weighted by Crippen LogP contribution is 2.33. The normalized spacial score (nSPS) is 11.1. The molecule has 13 nitrogen and oxygen atoms in total. The number of para-hydroxylation sites is 1. The number of rotatable bonds is 11. The maximum Gasteiger partial charge on any atom is 0.342 e. The predicted molar refractivity (Wildman–Crippen MR) is 159 cm³/mol. The van der Waals surface area contributed by atoms with Crippen molar-refractivity contribution in [2.24, 2.45) is 0 Å².